The minimum absolute atomic E-state index is 0.143. The van der Waals surface area contributed by atoms with Crippen molar-refractivity contribution in [2.75, 3.05) is 25.2 Å². The molecule has 0 aliphatic rings. The van der Waals surface area contributed by atoms with Crippen molar-refractivity contribution in [3.8, 4) is 11.3 Å². The molecule has 7 heteroatoms. The first-order valence-electron chi connectivity index (χ1n) is 6.79. The zero-order valence-electron chi connectivity index (χ0n) is 12.5. The number of methoxy groups -OCH3 is 1. The highest BCUT2D eigenvalue weighted by molar-refractivity contribution is 7.98. The van der Waals surface area contributed by atoms with Crippen LogP contribution in [0.4, 0.5) is 5.13 Å². The molecule has 1 aromatic carbocycles. The monoisotopic (exact) mass is 337 g/mol. The van der Waals surface area contributed by atoms with Crippen molar-refractivity contribution in [1.82, 2.24) is 4.98 Å². The predicted molar refractivity (Wildman–Crippen MR) is 92.4 cm³/mol. The number of thiazole rings is 1. The van der Waals surface area contributed by atoms with E-state index in [4.69, 9.17) is 10.5 Å². The molecular weight excluding hydrogens is 318 g/mol. The molecule has 1 unspecified atom stereocenters. The normalized spacial score (nSPS) is 12.1. The summed E-state index contributed by atoms with van der Waals surface area (Å²) in [6.07, 6.45) is 2.00. The predicted octanol–water partition coefficient (Wildman–Crippen LogP) is 2.83. The smallest absolute Gasteiger partial charge is 0.228 e. The van der Waals surface area contributed by atoms with Gasteiger partial charge in [-0.05, 0) is 18.4 Å². The fraction of sp³-hybridized carbons (Fsp3) is 0.333. The Morgan fingerprint density at radius 3 is 2.77 bits per heavy atom. The van der Waals surface area contributed by atoms with Gasteiger partial charge < -0.3 is 15.8 Å². The number of amides is 1. The highest BCUT2D eigenvalue weighted by Crippen LogP contribution is 2.26. The second-order valence-electron chi connectivity index (χ2n) is 4.61. The molecule has 1 amide bonds. The molecule has 2 rings (SSSR count). The van der Waals surface area contributed by atoms with E-state index < -0.39 is 0 Å². The Morgan fingerprint density at radius 1 is 1.45 bits per heavy atom. The summed E-state index contributed by atoms with van der Waals surface area (Å²) in [5.74, 6) is -0.143. The molecule has 5 nitrogen and oxygen atoms in total. The number of carbonyl (C=O) groups excluding carboxylic acids is 1. The van der Waals surface area contributed by atoms with E-state index in [0.29, 0.717) is 11.7 Å². The van der Waals surface area contributed by atoms with Crippen LogP contribution in [0, 0.1) is 0 Å². The lowest BCUT2D eigenvalue weighted by atomic mass is 10.2. The van der Waals surface area contributed by atoms with Gasteiger partial charge in [-0.1, -0.05) is 12.1 Å². The van der Waals surface area contributed by atoms with Gasteiger partial charge in [0.1, 0.15) is 0 Å². The summed E-state index contributed by atoms with van der Waals surface area (Å²) in [6.45, 7) is 0.314. The molecule has 22 heavy (non-hydrogen) atoms. The van der Waals surface area contributed by atoms with Crippen LogP contribution in [0.2, 0.25) is 0 Å². The van der Waals surface area contributed by atoms with Crippen LogP contribution < -0.4 is 11.1 Å². The van der Waals surface area contributed by atoms with Gasteiger partial charge in [-0.2, -0.15) is 0 Å². The fourth-order valence-electron chi connectivity index (χ4n) is 1.87. The molecule has 0 radical (unpaired) electrons. The van der Waals surface area contributed by atoms with E-state index in [9.17, 15) is 4.79 Å². The third-order valence-corrected chi connectivity index (χ3v) is 4.65. The molecule has 0 saturated heterocycles. The Kier molecular flexibility index (Phi) is 6.38. The lowest BCUT2D eigenvalue weighted by Gasteiger charge is -2.11. The minimum Gasteiger partial charge on any atom is -0.380 e. The standard InChI is InChI=1S/C15H19N3O2S2/c1-20-11(8-16)7-14(19)18-15-17-13(9-22-15)10-3-5-12(21-2)6-4-10/h3-6,9,11H,7-8,16H2,1-2H3,(H,17,18,19). The number of nitrogens with two attached hydrogens (primary N) is 1. The molecular formula is C15H19N3O2S2. The summed E-state index contributed by atoms with van der Waals surface area (Å²) in [7, 11) is 1.55. The third-order valence-electron chi connectivity index (χ3n) is 3.15. The van der Waals surface area contributed by atoms with Crippen LogP contribution in [-0.4, -0.2) is 36.9 Å². The molecule has 2 aromatic rings. The molecule has 0 fully saturated rings. The number of anilines is 1. The molecule has 0 bridgehead atoms. The topological polar surface area (TPSA) is 77.2 Å². The Morgan fingerprint density at radius 2 is 2.18 bits per heavy atom. The summed E-state index contributed by atoms with van der Waals surface area (Å²) in [5, 5.41) is 5.30. The van der Waals surface area contributed by atoms with Gasteiger partial charge in [-0.25, -0.2) is 4.98 Å². The molecule has 1 heterocycles. The number of hydrogen-bond donors (Lipinski definition) is 2. The van der Waals surface area contributed by atoms with Crippen LogP contribution in [0.3, 0.4) is 0 Å². The Labute approximate surface area is 138 Å². The summed E-state index contributed by atoms with van der Waals surface area (Å²) in [6, 6.07) is 8.17. The number of nitrogens with one attached hydrogen (secondary N) is 1. The maximum Gasteiger partial charge on any atom is 0.228 e. The minimum atomic E-state index is -0.265. The van der Waals surface area contributed by atoms with Crippen molar-refractivity contribution in [2.24, 2.45) is 5.73 Å². The molecule has 0 spiro atoms. The third kappa shape index (κ3) is 4.54. The van der Waals surface area contributed by atoms with E-state index in [1.54, 1.807) is 18.9 Å². The van der Waals surface area contributed by atoms with Crippen LogP contribution in [0.5, 0.6) is 0 Å². The van der Waals surface area contributed by atoms with Gasteiger partial charge in [-0.3, -0.25) is 4.79 Å². The van der Waals surface area contributed by atoms with Crippen molar-refractivity contribution in [1.29, 1.82) is 0 Å². The van der Waals surface area contributed by atoms with Crippen LogP contribution in [0.1, 0.15) is 6.42 Å². The molecule has 0 aliphatic heterocycles. The van der Waals surface area contributed by atoms with Crippen molar-refractivity contribution in [2.45, 2.75) is 17.4 Å². The zero-order valence-corrected chi connectivity index (χ0v) is 14.2. The number of thioether (sulfide) groups is 1. The molecule has 0 aliphatic carbocycles. The zero-order chi connectivity index (χ0) is 15.9. The van der Waals surface area contributed by atoms with E-state index in [1.165, 1.54) is 16.2 Å². The summed E-state index contributed by atoms with van der Waals surface area (Å²) < 4.78 is 5.10. The van der Waals surface area contributed by atoms with Crippen molar-refractivity contribution >= 4 is 34.1 Å². The lowest BCUT2D eigenvalue weighted by Crippen LogP contribution is -2.28. The highest BCUT2D eigenvalue weighted by atomic mass is 32.2. The van der Waals surface area contributed by atoms with Crippen LogP contribution in [0.15, 0.2) is 34.5 Å². The number of nitrogens with zero attached hydrogens (tertiary/aromatic N) is 1. The van der Waals surface area contributed by atoms with Gasteiger partial charge in [0.15, 0.2) is 5.13 Å². The lowest BCUT2D eigenvalue weighted by molar-refractivity contribution is -0.118. The number of benzene rings is 1. The first-order valence-corrected chi connectivity index (χ1v) is 8.89. The second-order valence-corrected chi connectivity index (χ2v) is 6.35. The fourth-order valence-corrected chi connectivity index (χ4v) is 3.01. The number of carbonyl (C=O) groups is 1. The quantitative estimate of drug-likeness (QED) is 0.760. The van der Waals surface area contributed by atoms with Gasteiger partial charge in [0.25, 0.3) is 0 Å². The maximum absolute atomic E-state index is 11.9. The van der Waals surface area contributed by atoms with Crippen molar-refractivity contribution in [3.05, 3.63) is 29.6 Å². The Bertz CT molecular complexity index is 610. The molecule has 118 valence electrons. The van der Waals surface area contributed by atoms with Crippen molar-refractivity contribution in [3.63, 3.8) is 0 Å². The molecule has 0 saturated carbocycles. The van der Waals surface area contributed by atoms with Crippen molar-refractivity contribution < 1.29 is 9.53 Å². The maximum atomic E-state index is 11.9. The van der Waals surface area contributed by atoms with E-state index in [0.717, 1.165) is 11.3 Å². The van der Waals surface area contributed by atoms with Gasteiger partial charge in [0.2, 0.25) is 5.91 Å². The number of hydrogen-bond acceptors (Lipinski definition) is 6. The summed E-state index contributed by atoms with van der Waals surface area (Å²) in [4.78, 5) is 17.5. The van der Waals surface area contributed by atoms with Gasteiger partial charge in [0.05, 0.1) is 18.2 Å². The molecule has 1 aromatic heterocycles. The van der Waals surface area contributed by atoms with E-state index in [1.807, 2.05) is 23.8 Å². The number of aromatic nitrogens is 1. The Hall–Kier alpha value is -1.41. The highest BCUT2D eigenvalue weighted by Gasteiger charge is 2.13. The molecule has 3 N–H and O–H groups in total. The second kappa shape index (κ2) is 8.28. The van der Waals surface area contributed by atoms with Gasteiger partial charge >= 0.3 is 0 Å². The van der Waals surface area contributed by atoms with E-state index >= 15 is 0 Å². The average Bonchev–Trinajstić information content (AvgIpc) is 3.01. The number of rotatable bonds is 7. The largest absolute Gasteiger partial charge is 0.380 e. The summed E-state index contributed by atoms with van der Waals surface area (Å²) >= 11 is 3.10. The van der Waals surface area contributed by atoms with E-state index in [-0.39, 0.29) is 18.4 Å². The van der Waals surface area contributed by atoms with Crippen LogP contribution in [0.25, 0.3) is 11.3 Å². The van der Waals surface area contributed by atoms with Gasteiger partial charge in [-0.15, -0.1) is 23.1 Å². The SMILES string of the molecule is COC(CN)CC(=O)Nc1nc(-c2ccc(SC)cc2)cs1. The van der Waals surface area contributed by atoms with Crippen LogP contribution in [-0.2, 0) is 9.53 Å². The van der Waals surface area contributed by atoms with Gasteiger partial charge in [0, 0.05) is 29.5 Å². The van der Waals surface area contributed by atoms with Crippen LogP contribution >= 0.6 is 23.1 Å². The van der Waals surface area contributed by atoms with E-state index in [2.05, 4.69) is 22.4 Å². The Balaban J connectivity index is 2.00. The number of ether oxygens (including phenoxy) is 1. The molecule has 1 atom stereocenters. The average molecular weight is 337 g/mol. The first kappa shape index (κ1) is 17.0. The summed E-state index contributed by atoms with van der Waals surface area (Å²) in [5.41, 5.74) is 7.40. The first-order chi connectivity index (χ1) is 10.7.